The number of methoxy groups -OCH3 is 1. The van der Waals surface area contributed by atoms with Gasteiger partial charge in [0.05, 0.1) is 13.0 Å². The maximum Gasteiger partial charge on any atom is 0.309 e. The molecule has 13 heavy (non-hydrogen) atoms. The van der Waals surface area contributed by atoms with Crippen LogP contribution in [-0.4, -0.2) is 25.7 Å². The van der Waals surface area contributed by atoms with Gasteiger partial charge in [-0.3, -0.25) is 4.79 Å². The van der Waals surface area contributed by atoms with Gasteiger partial charge in [0.2, 0.25) is 0 Å². The molecule has 0 aliphatic heterocycles. The van der Waals surface area contributed by atoms with E-state index < -0.39 is 0 Å². The fourth-order valence-corrected chi connectivity index (χ4v) is 1.56. The summed E-state index contributed by atoms with van der Waals surface area (Å²) < 4.78 is 4.64. The molecule has 0 aromatic heterocycles. The molecule has 3 heteroatoms. The Balaban J connectivity index is 2.09. The second kappa shape index (κ2) is 4.61. The highest BCUT2D eigenvalue weighted by molar-refractivity contribution is 5.72. The standard InChI is InChI=1S/C10H19NO2/c1-4-8-5-9(8)11-6-7(2)10(12)13-3/h7-9,11H,4-6H2,1-3H3. The van der Waals surface area contributed by atoms with Crippen LogP contribution in [0.2, 0.25) is 0 Å². The third kappa shape index (κ3) is 2.99. The van der Waals surface area contributed by atoms with E-state index in [1.807, 2.05) is 6.92 Å². The second-order valence-electron chi connectivity index (χ2n) is 3.84. The minimum atomic E-state index is -0.124. The summed E-state index contributed by atoms with van der Waals surface area (Å²) in [6.45, 7) is 4.84. The molecule has 1 rings (SSSR count). The van der Waals surface area contributed by atoms with Crippen LogP contribution in [0.25, 0.3) is 0 Å². The number of esters is 1. The van der Waals surface area contributed by atoms with Gasteiger partial charge in [-0.25, -0.2) is 0 Å². The number of hydrogen-bond donors (Lipinski definition) is 1. The summed E-state index contributed by atoms with van der Waals surface area (Å²) in [6, 6.07) is 0.650. The zero-order chi connectivity index (χ0) is 9.84. The molecule has 1 N–H and O–H groups in total. The topological polar surface area (TPSA) is 38.3 Å². The van der Waals surface area contributed by atoms with Crippen molar-refractivity contribution in [3.05, 3.63) is 0 Å². The highest BCUT2D eigenvalue weighted by Gasteiger charge is 2.35. The van der Waals surface area contributed by atoms with E-state index in [9.17, 15) is 4.79 Å². The molecule has 0 bridgehead atoms. The highest BCUT2D eigenvalue weighted by atomic mass is 16.5. The van der Waals surface area contributed by atoms with E-state index >= 15 is 0 Å². The number of rotatable bonds is 5. The zero-order valence-electron chi connectivity index (χ0n) is 8.67. The van der Waals surface area contributed by atoms with Gasteiger partial charge >= 0.3 is 5.97 Å². The van der Waals surface area contributed by atoms with Gasteiger partial charge in [-0.2, -0.15) is 0 Å². The van der Waals surface area contributed by atoms with E-state index in [0.717, 1.165) is 12.5 Å². The van der Waals surface area contributed by atoms with Crippen molar-refractivity contribution in [3.63, 3.8) is 0 Å². The zero-order valence-corrected chi connectivity index (χ0v) is 8.67. The molecule has 0 radical (unpaired) electrons. The lowest BCUT2D eigenvalue weighted by Gasteiger charge is -2.09. The van der Waals surface area contributed by atoms with E-state index in [0.29, 0.717) is 6.04 Å². The van der Waals surface area contributed by atoms with Gasteiger partial charge in [-0.1, -0.05) is 20.3 Å². The Labute approximate surface area is 79.8 Å². The summed E-state index contributed by atoms with van der Waals surface area (Å²) in [5.41, 5.74) is 0. The maximum absolute atomic E-state index is 11.0. The number of ether oxygens (including phenoxy) is 1. The molecule has 0 heterocycles. The lowest BCUT2D eigenvalue weighted by Crippen LogP contribution is -2.29. The molecule has 1 fully saturated rings. The smallest absolute Gasteiger partial charge is 0.309 e. The average Bonchev–Trinajstić information content (AvgIpc) is 2.91. The molecule has 0 aromatic carbocycles. The Morgan fingerprint density at radius 2 is 2.38 bits per heavy atom. The van der Waals surface area contributed by atoms with Crippen molar-refractivity contribution < 1.29 is 9.53 Å². The molecule has 76 valence electrons. The van der Waals surface area contributed by atoms with Crippen LogP contribution in [0.1, 0.15) is 26.7 Å². The third-order valence-corrected chi connectivity index (χ3v) is 2.74. The molecule has 1 saturated carbocycles. The number of nitrogens with one attached hydrogen (secondary N) is 1. The van der Waals surface area contributed by atoms with Gasteiger partial charge in [-0.05, 0) is 12.3 Å². The summed E-state index contributed by atoms with van der Waals surface area (Å²) in [7, 11) is 1.44. The SMILES string of the molecule is CCC1CC1NCC(C)C(=O)OC. The Hall–Kier alpha value is -0.570. The van der Waals surface area contributed by atoms with Gasteiger partial charge < -0.3 is 10.1 Å². The predicted octanol–water partition coefficient (Wildman–Crippen LogP) is 1.18. The summed E-state index contributed by atoms with van der Waals surface area (Å²) in [6.07, 6.45) is 2.51. The van der Waals surface area contributed by atoms with E-state index in [2.05, 4.69) is 17.0 Å². The molecule has 0 aromatic rings. The summed E-state index contributed by atoms with van der Waals surface area (Å²) >= 11 is 0. The molecule has 1 aliphatic rings. The molecule has 1 aliphatic carbocycles. The van der Waals surface area contributed by atoms with Gasteiger partial charge in [0.25, 0.3) is 0 Å². The first-order valence-electron chi connectivity index (χ1n) is 5.00. The highest BCUT2D eigenvalue weighted by Crippen LogP contribution is 2.33. The number of carbonyl (C=O) groups excluding carboxylic acids is 1. The van der Waals surface area contributed by atoms with E-state index in [1.54, 1.807) is 0 Å². The van der Waals surface area contributed by atoms with Crippen molar-refractivity contribution in [2.24, 2.45) is 11.8 Å². The third-order valence-electron chi connectivity index (χ3n) is 2.74. The quantitative estimate of drug-likeness (QED) is 0.654. The van der Waals surface area contributed by atoms with Crippen molar-refractivity contribution in [2.75, 3.05) is 13.7 Å². The minimum absolute atomic E-state index is 0.0249. The van der Waals surface area contributed by atoms with Crippen molar-refractivity contribution in [3.8, 4) is 0 Å². The molecule has 3 atom stereocenters. The van der Waals surface area contributed by atoms with Crippen LogP contribution in [0, 0.1) is 11.8 Å². The van der Waals surface area contributed by atoms with Crippen molar-refractivity contribution >= 4 is 5.97 Å². The average molecular weight is 185 g/mol. The van der Waals surface area contributed by atoms with E-state index in [1.165, 1.54) is 20.0 Å². The molecule has 0 saturated heterocycles. The number of hydrogen-bond acceptors (Lipinski definition) is 3. The first-order valence-corrected chi connectivity index (χ1v) is 5.00. The van der Waals surface area contributed by atoms with Crippen molar-refractivity contribution in [1.29, 1.82) is 0 Å². The molecule has 3 nitrogen and oxygen atoms in total. The fourth-order valence-electron chi connectivity index (χ4n) is 1.56. The van der Waals surface area contributed by atoms with E-state index in [-0.39, 0.29) is 11.9 Å². The first kappa shape index (κ1) is 10.5. The maximum atomic E-state index is 11.0. The summed E-state index contributed by atoms with van der Waals surface area (Å²) in [5, 5.41) is 3.37. The normalized spacial score (nSPS) is 28.2. The number of carbonyl (C=O) groups is 1. The van der Waals surface area contributed by atoms with Crippen LogP contribution in [0.3, 0.4) is 0 Å². The van der Waals surface area contributed by atoms with Crippen LogP contribution in [-0.2, 0) is 9.53 Å². The minimum Gasteiger partial charge on any atom is -0.469 e. The second-order valence-corrected chi connectivity index (χ2v) is 3.84. The fraction of sp³-hybridized carbons (Fsp3) is 0.900. The molecular weight excluding hydrogens is 166 g/mol. The monoisotopic (exact) mass is 185 g/mol. The molecule has 0 spiro atoms. The molecule has 3 unspecified atom stereocenters. The lowest BCUT2D eigenvalue weighted by atomic mass is 10.2. The Kier molecular flexibility index (Phi) is 3.72. The molecule has 0 amide bonds. The Morgan fingerprint density at radius 1 is 1.69 bits per heavy atom. The Morgan fingerprint density at radius 3 is 2.85 bits per heavy atom. The predicted molar refractivity (Wildman–Crippen MR) is 51.4 cm³/mol. The van der Waals surface area contributed by atoms with Crippen LogP contribution >= 0.6 is 0 Å². The largest absolute Gasteiger partial charge is 0.469 e. The van der Waals surface area contributed by atoms with Crippen molar-refractivity contribution in [1.82, 2.24) is 5.32 Å². The van der Waals surface area contributed by atoms with Gasteiger partial charge in [-0.15, -0.1) is 0 Å². The van der Waals surface area contributed by atoms with Crippen LogP contribution < -0.4 is 5.32 Å². The van der Waals surface area contributed by atoms with Crippen LogP contribution in [0.5, 0.6) is 0 Å². The molecular formula is C10H19NO2. The van der Waals surface area contributed by atoms with Gasteiger partial charge in [0, 0.05) is 12.6 Å². The van der Waals surface area contributed by atoms with Crippen molar-refractivity contribution in [2.45, 2.75) is 32.7 Å². The van der Waals surface area contributed by atoms with Crippen LogP contribution in [0.4, 0.5) is 0 Å². The first-order chi connectivity index (χ1) is 6.19. The summed E-state index contributed by atoms with van der Waals surface area (Å²) in [5.74, 6) is 0.689. The summed E-state index contributed by atoms with van der Waals surface area (Å²) in [4.78, 5) is 11.0. The van der Waals surface area contributed by atoms with E-state index in [4.69, 9.17) is 0 Å². The van der Waals surface area contributed by atoms with Gasteiger partial charge in [0.1, 0.15) is 0 Å². The van der Waals surface area contributed by atoms with Gasteiger partial charge in [0.15, 0.2) is 0 Å². The Bertz CT molecular complexity index is 182. The lowest BCUT2D eigenvalue weighted by molar-refractivity contribution is -0.144. The van der Waals surface area contributed by atoms with Crippen LogP contribution in [0.15, 0.2) is 0 Å².